The molecule has 140 valence electrons. The zero-order valence-corrected chi connectivity index (χ0v) is 17.3. The number of guanidine groups is 1. The number of carbonyl (C=O) groups excluding carboxylic acids is 1. The molecule has 0 unspecified atom stereocenters. The van der Waals surface area contributed by atoms with Gasteiger partial charge in [-0.1, -0.05) is 19.3 Å². The maximum atomic E-state index is 11.5. The molecule has 7 heteroatoms. The van der Waals surface area contributed by atoms with E-state index >= 15 is 0 Å². The van der Waals surface area contributed by atoms with E-state index in [1.165, 1.54) is 6.42 Å². The van der Waals surface area contributed by atoms with Gasteiger partial charge in [-0.05, 0) is 31.6 Å². The molecule has 1 heterocycles. The molecular weight excluding hydrogens is 419 g/mol. The van der Waals surface area contributed by atoms with Crippen LogP contribution in [0.1, 0.15) is 51.4 Å². The van der Waals surface area contributed by atoms with E-state index in [2.05, 4.69) is 20.5 Å². The van der Waals surface area contributed by atoms with Gasteiger partial charge in [0.1, 0.15) is 0 Å². The maximum absolute atomic E-state index is 11.5. The highest BCUT2D eigenvalue weighted by Gasteiger charge is 2.30. The van der Waals surface area contributed by atoms with Gasteiger partial charge in [0.15, 0.2) is 5.96 Å². The van der Waals surface area contributed by atoms with Crippen LogP contribution in [-0.2, 0) is 4.79 Å². The Morgan fingerprint density at radius 3 is 2.42 bits per heavy atom. The van der Waals surface area contributed by atoms with E-state index in [-0.39, 0.29) is 29.9 Å². The SMILES string of the molecule is CN=C(NCC1(O)CCCCC1)N1CCC(CC(=O)NC)CC1.I. The number of rotatable bonds is 4. The molecule has 1 saturated heterocycles. The molecule has 0 aromatic carbocycles. The van der Waals surface area contributed by atoms with Crippen LogP contribution in [0, 0.1) is 5.92 Å². The first kappa shape index (κ1) is 21.5. The molecule has 0 bridgehead atoms. The number of amides is 1. The number of piperidine rings is 1. The average Bonchev–Trinajstić information content (AvgIpc) is 2.57. The van der Waals surface area contributed by atoms with Crippen molar-refractivity contribution in [3.63, 3.8) is 0 Å². The summed E-state index contributed by atoms with van der Waals surface area (Å²) in [5.41, 5.74) is -0.578. The second kappa shape index (κ2) is 10.4. The Labute approximate surface area is 162 Å². The van der Waals surface area contributed by atoms with E-state index in [4.69, 9.17) is 0 Å². The molecule has 2 rings (SSSR count). The van der Waals surface area contributed by atoms with E-state index in [0.717, 1.165) is 57.6 Å². The summed E-state index contributed by atoms with van der Waals surface area (Å²) in [4.78, 5) is 18.1. The molecule has 1 amide bonds. The minimum Gasteiger partial charge on any atom is -0.388 e. The summed E-state index contributed by atoms with van der Waals surface area (Å²) in [6.07, 6.45) is 7.86. The van der Waals surface area contributed by atoms with Crippen molar-refractivity contribution in [1.29, 1.82) is 0 Å². The molecule has 1 aliphatic heterocycles. The molecule has 1 aliphatic carbocycles. The van der Waals surface area contributed by atoms with Crippen LogP contribution in [0.4, 0.5) is 0 Å². The highest BCUT2D eigenvalue weighted by Crippen LogP contribution is 2.27. The number of nitrogens with one attached hydrogen (secondary N) is 2. The van der Waals surface area contributed by atoms with Crippen LogP contribution >= 0.6 is 24.0 Å². The standard InChI is InChI=1S/C17H32N4O2.HI/c1-18-15(22)12-14-6-10-21(11-7-14)16(19-2)20-13-17(23)8-4-3-5-9-17;/h14,23H,3-13H2,1-2H3,(H,18,22)(H,19,20);1H. The minimum absolute atomic E-state index is 0. The van der Waals surface area contributed by atoms with E-state index in [9.17, 15) is 9.90 Å². The van der Waals surface area contributed by atoms with Gasteiger partial charge in [-0.3, -0.25) is 9.79 Å². The van der Waals surface area contributed by atoms with Crippen LogP contribution in [0.2, 0.25) is 0 Å². The third-order valence-corrected chi connectivity index (χ3v) is 5.24. The summed E-state index contributed by atoms with van der Waals surface area (Å²) in [6.45, 7) is 2.41. The summed E-state index contributed by atoms with van der Waals surface area (Å²) in [6, 6.07) is 0. The van der Waals surface area contributed by atoms with Crippen LogP contribution in [0.5, 0.6) is 0 Å². The van der Waals surface area contributed by atoms with Gasteiger partial charge in [0, 0.05) is 40.2 Å². The molecule has 2 fully saturated rings. The highest BCUT2D eigenvalue weighted by atomic mass is 127. The fourth-order valence-electron chi connectivity index (χ4n) is 3.68. The Hall–Kier alpha value is -0.570. The lowest BCUT2D eigenvalue weighted by molar-refractivity contribution is -0.121. The molecule has 0 aromatic rings. The van der Waals surface area contributed by atoms with E-state index in [1.54, 1.807) is 14.1 Å². The molecule has 3 N–H and O–H groups in total. The predicted octanol–water partition coefficient (Wildman–Crippen LogP) is 1.72. The van der Waals surface area contributed by atoms with Crippen molar-refractivity contribution in [2.24, 2.45) is 10.9 Å². The molecule has 0 atom stereocenters. The molecule has 24 heavy (non-hydrogen) atoms. The quantitative estimate of drug-likeness (QED) is 0.345. The smallest absolute Gasteiger partial charge is 0.220 e. The van der Waals surface area contributed by atoms with Gasteiger partial charge in [0.25, 0.3) is 0 Å². The zero-order chi connectivity index (χ0) is 16.7. The van der Waals surface area contributed by atoms with Crippen molar-refractivity contribution in [2.75, 3.05) is 33.7 Å². The number of hydrogen-bond donors (Lipinski definition) is 3. The Morgan fingerprint density at radius 2 is 1.88 bits per heavy atom. The van der Waals surface area contributed by atoms with Gasteiger partial charge in [-0.15, -0.1) is 24.0 Å². The molecule has 0 spiro atoms. The number of likely N-dealkylation sites (tertiary alicyclic amines) is 1. The third kappa shape index (κ3) is 6.38. The van der Waals surface area contributed by atoms with Gasteiger partial charge >= 0.3 is 0 Å². The van der Waals surface area contributed by atoms with Crippen LogP contribution in [0.3, 0.4) is 0 Å². The predicted molar refractivity (Wildman–Crippen MR) is 108 cm³/mol. The van der Waals surface area contributed by atoms with Gasteiger partial charge in [-0.25, -0.2) is 0 Å². The van der Waals surface area contributed by atoms with Crippen molar-refractivity contribution in [3.8, 4) is 0 Å². The van der Waals surface area contributed by atoms with Gasteiger partial charge in [0.2, 0.25) is 5.91 Å². The van der Waals surface area contributed by atoms with Crippen molar-refractivity contribution in [1.82, 2.24) is 15.5 Å². The second-order valence-corrected chi connectivity index (χ2v) is 6.99. The summed E-state index contributed by atoms with van der Waals surface area (Å²) in [5.74, 6) is 1.47. The first-order valence-electron chi connectivity index (χ1n) is 8.95. The minimum atomic E-state index is -0.578. The molecule has 2 aliphatic rings. The number of halogens is 1. The maximum Gasteiger partial charge on any atom is 0.220 e. The fraction of sp³-hybridized carbons (Fsp3) is 0.882. The lowest BCUT2D eigenvalue weighted by Gasteiger charge is -2.37. The monoisotopic (exact) mass is 452 g/mol. The highest BCUT2D eigenvalue weighted by molar-refractivity contribution is 14.0. The number of aliphatic imine (C=N–C) groups is 1. The summed E-state index contributed by atoms with van der Waals surface area (Å²) >= 11 is 0. The Kier molecular flexibility index (Phi) is 9.33. The average molecular weight is 452 g/mol. The largest absolute Gasteiger partial charge is 0.388 e. The number of nitrogens with zero attached hydrogens (tertiary/aromatic N) is 2. The Bertz CT molecular complexity index is 417. The van der Waals surface area contributed by atoms with Crippen molar-refractivity contribution < 1.29 is 9.90 Å². The summed E-state index contributed by atoms with van der Waals surface area (Å²) in [7, 11) is 3.49. The number of aliphatic hydroxyl groups is 1. The van der Waals surface area contributed by atoms with Crippen LogP contribution in [-0.4, -0.2) is 61.2 Å². The first-order chi connectivity index (χ1) is 11.1. The molecular formula is C17H33IN4O2. The zero-order valence-electron chi connectivity index (χ0n) is 15.0. The lowest BCUT2D eigenvalue weighted by Crippen LogP contribution is -2.51. The van der Waals surface area contributed by atoms with Gasteiger partial charge in [0.05, 0.1) is 5.60 Å². The molecule has 0 radical (unpaired) electrons. The van der Waals surface area contributed by atoms with Crippen LogP contribution in [0.15, 0.2) is 4.99 Å². The van der Waals surface area contributed by atoms with Gasteiger partial charge in [-0.2, -0.15) is 0 Å². The lowest BCUT2D eigenvalue weighted by atomic mass is 9.85. The van der Waals surface area contributed by atoms with Crippen molar-refractivity contribution in [3.05, 3.63) is 0 Å². The third-order valence-electron chi connectivity index (χ3n) is 5.24. The van der Waals surface area contributed by atoms with Gasteiger partial charge < -0.3 is 20.6 Å². The Balaban J connectivity index is 0.00000288. The molecule has 1 saturated carbocycles. The molecule has 6 nitrogen and oxygen atoms in total. The van der Waals surface area contributed by atoms with Crippen LogP contribution < -0.4 is 10.6 Å². The van der Waals surface area contributed by atoms with E-state index in [0.29, 0.717) is 18.9 Å². The Morgan fingerprint density at radius 1 is 1.25 bits per heavy atom. The van der Waals surface area contributed by atoms with Crippen LogP contribution in [0.25, 0.3) is 0 Å². The number of hydrogen-bond acceptors (Lipinski definition) is 3. The normalized spacial score (nSPS) is 21.8. The fourth-order valence-corrected chi connectivity index (χ4v) is 3.68. The summed E-state index contributed by atoms with van der Waals surface area (Å²) in [5, 5.41) is 16.7. The number of carbonyl (C=O) groups is 1. The first-order valence-corrected chi connectivity index (χ1v) is 8.95. The summed E-state index contributed by atoms with van der Waals surface area (Å²) < 4.78 is 0. The molecule has 0 aromatic heterocycles. The van der Waals surface area contributed by atoms with Crippen molar-refractivity contribution in [2.45, 2.75) is 57.0 Å². The van der Waals surface area contributed by atoms with E-state index in [1.807, 2.05) is 0 Å². The van der Waals surface area contributed by atoms with Crippen molar-refractivity contribution >= 4 is 35.8 Å². The van der Waals surface area contributed by atoms with E-state index < -0.39 is 5.60 Å². The second-order valence-electron chi connectivity index (χ2n) is 6.99. The topological polar surface area (TPSA) is 77.0 Å².